The summed E-state index contributed by atoms with van der Waals surface area (Å²) in [6.45, 7) is 4.47. The smallest absolute Gasteiger partial charge is 0.746 e. The Morgan fingerprint density at radius 2 is 1.83 bits per heavy atom. The minimum absolute atomic E-state index is 0. The molecule has 0 aliphatic carbocycles. The Kier molecular flexibility index (Phi) is 6.30. The van der Waals surface area contributed by atoms with Crippen molar-refractivity contribution in [2.24, 2.45) is 5.92 Å². The monoisotopic (exact) mass is 204 g/mol. The molecule has 4 nitrogen and oxygen atoms in total. The van der Waals surface area contributed by atoms with Crippen LogP contribution < -0.4 is 29.6 Å². The van der Waals surface area contributed by atoms with Gasteiger partial charge in [0.2, 0.25) is 0 Å². The zero-order valence-electron chi connectivity index (χ0n) is 7.86. The summed E-state index contributed by atoms with van der Waals surface area (Å²) in [6, 6.07) is 0. The normalized spacial score (nSPS) is 16.8. The minimum Gasteiger partial charge on any atom is -0.746 e. The van der Waals surface area contributed by atoms with E-state index in [9.17, 15) is 18.1 Å². The SMILES string of the molecule is CCC(O)(C(C)C)S(=O)(=O)[O-].[Na+]. The molecule has 0 amide bonds. The van der Waals surface area contributed by atoms with Gasteiger partial charge in [-0.25, -0.2) is 8.42 Å². The van der Waals surface area contributed by atoms with Crippen molar-refractivity contribution in [1.29, 1.82) is 0 Å². The first-order valence-electron chi connectivity index (χ1n) is 3.43. The summed E-state index contributed by atoms with van der Waals surface area (Å²) in [7, 11) is -4.61. The van der Waals surface area contributed by atoms with E-state index >= 15 is 0 Å². The molecule has 0 saturated heterocycles. The number of rotatable bonds is 3. The Labute approximate surface area is 95.4 Å². The van der Waals surface area contributed by atoms with E-state index in [2.05, 4.69) is 0 Å². The fraction of sp³-hybridized carbons (Fsp3) is 1.00. The third kappa shape index (κ3) is 2.97. The van der Waals surface area contributed by atoms with Crippen LogP contribution in [0.2, 0.25) is 0 Å². The molecule has 0 aromatic rings. The van der Waals surface area contributed by atoms with Gasteiger partial charge in [0, 0.05) is 0 Å². The summed E-state index contributed by atoms with van der Waals surface area (Å²) in [4.78, 5) is -2.10. The molecule has 0 bridgehead atoms. The molecule has 0 aliphatic rings. The van der Waals surface area contributed by atoms with Crippen molar-refractivity contribution in [3.63, 3.8) is 0 Å². The molecule has 1 N–H and O–H groups in total. The van der Waals surface area contributed by atoms with E-state index in [1.807, 2.05) is 0 Å². The van der Waals surface area contributed by atoms with Crippen LogP contribution in [0.15, 0.2) is 0 Å². The van der Waals surface area contributed by atoms with Crippen LogP contribution in [0.3, 0.4) is 0 Å². The molecule has 1 unspecified atom stereocenters. The van der Waals surface area contributed by atoms with Gasteiger partial charge in [-0.1, -0.05) is 20.8 Å². The second-order valence-electron chi connectivity index (χ2n) is 2.81. The Morgan fingerprint density at radius 3 is 1.83 bits per heavy atom. The van der Waals surface area contributed by atoms with Crippen LogP contribution in [-0.4, -0.2) is 23.0 Å². The van der Waals surface area contributed by atoms with Crippen LogP contribution >= 0.6 is 0 Å². The van der Waals surface area contributed by atoms with E-state index in [-0.39, 0.29) is 36.0 Å². The largest absolute Gasteiger partial charge is 1.00 e. The average molecular weight is 204 g/mol. The third-order valence-corrected chi connectivity index (χ3v) is 3.47. The van der Waals surface area contributed by atoms with Crippen LogP contribution in [-0.2, 0) is 10.1 Å². The summed E-state index contributed by atoms with van der Waals surface area (Å²) < 4.78 is 31.6. The molecule has 0 heterocycles. The van der Waals surface area contributed by atoms with Crippen LogP contribution in [0.25, 0.3) is 0 Å². The van der Waals surface area contributed by atoms with Crippen LogP contribution in [0.4, 0.5) is 0 Å². The summed E-state index contributed by atoms with van der Waals surface area (Å²) in [5.41, 5.74) is 0. The van der Waals surface area contributed by atoms with E-state index in [1.165, 1.54) is 20.8 Å². The number of hydrogen-bond acceptors (Lipinski definition) is 4. The van der Waals surface area contributed by atoms with E-state index in [1.54, 1.807) is 0 Å². The van der Waals surface area contributed by atoms with Crippen molar-refractivity contribution in [2.45, 2.75) is 32.1 Å². The van der Waals surface area contributed by atoms with Gasteiger partial charge in [-0.2, -0.15) is 0 Å². The van der Waals surface area contributed by atoms with Gasteiger partial charge in [-0.05, 0) is 12.3 Å². The molecule has 0 aromatic carbocycles. The summed E-state index contributed by atoms with van der Waals surface area (Å²) in [5, 5.41) is 9.33. The fourth-order valence-corrected chi connectivity index (χ4v) is 1.80. The van der Waals surface area contributed by atoms with Crippen molar-refractivity contribution in [2.75, 3.05) is 0 Å². The molecule has 0 spiro atoms. The molecule has 6 heteroatoms. The molecule has 0 fully saturated rings. The molecule has 1 atom stereocenters. The fourth-order valence-electron chi connectivity index (χ4n) is 0.874. The first-order valence-corrected chi connectivity index (χ1v) is 4.84. The maximum absolute atomic E-state index is 10.5. The number of aliphatic hydroxyl groups is 1. The second-order valence-corrected chi connectivity index (χ2v) is 4.42. The van der Waals surface area contributed by atoms with Gasteiger partial charge in [0.05, 0.1) is 0 Å². The molecular formula is C6H13NaO4S. The Morgan fingerprint density at radius 1 is 1.50 bits per heavy atom. The maximum atomic E-state index is 10.5. The van der Waals surface area contributed by atoms with Crippen molar-refractivity contribution in [3.8, 4) is 0 Å². The van der Waals surface area contributed by atoms with Crippen LogP contribution in [0.5, 0.6) is 0 Å². The molecule has 12 heavy (non-hydrogen) atoms. The average Bonchev–Trinajstić information content (AvgIpc) is 1.83. The molecule has 0 aromatic heterocycles. The Bertz CT molecular complexity index is 224. The van der Waals surface area contributed by atoms with Crippen LogP contribution in [0, 0.1) is 5.92 Å². The quantitative estimate of drug-likeness (QED) is 0.400. The van der Waals surface area contributed by atoms with Gasteiger partial charge in [0.25, 0.3) is 0 Å². The standard InChI is InChI=1S/C6H14O4S.Na/c1-4-6(7,5(2)3)11(8,9)10;/h5,7H,4H2,1-3H3,(H,8,9,10);/q;+1/p-1. The molecular weight excluding hydrogens is 191 g/mol. The zero-order valence-corrected chi connectivity index (χ0v) is 10.7. The van der Waals surface area contributed by atoms with Crippen molar-refractivity contribution in [1.82, 2.24) is 0 Å². The van der Waals surface area contributed by atoms with Crippen LogP contribution in [0.1, 0.15) is 27.2 Å². The van der Waals surface area contributed by atoms with Gasteiger partial charge in [-0.3, -0.25) is 0 Å². The molecule has 0 radical (unpaired) electrons. The molecule has 0 aliphatic heterocycles. The second kappa shape index (κ2) is 4.93. The van der Waals surface area contributed by atoms with Crippen molar-refractivity contribution < 1.29 is 47.6 Å². The van der Waals surface area contributed by atoms with E-state index in [0.29, 0.717) is 0 Å². The van der Waals surface area contributed by atoms with E-state index in [0.717, 1.165) is 0 Å². The van der Waals surface area contributed by atoms with E-state index in [4.69, 9.17) is 0 Å². The Balaban J connectivity index is 0. The molecule has 68 valence electrons. The molecule has 0 rings (SSSR count). The zero-order chi connectivity index (χ0) is 9.28. The summed E-state index contributed by atoms with van der Waals surface area (Å²) in [6.07, 6.45) is -0.0729. The maximum Gasteiger partial charge on any atom is 1.00 e. The van der Waals surface area contributed by atoms with E-state index < -0.39 is 21.0 Å². The van der Waals surface area contributed by atoms with Crippen molar-refractivity contribution in [3.05, 3.63) is 0 Å². The Hall–Kier alpha value is 0.870. The predicted octanol–water partition coefficient (Wildman–Crippen LogP) is -2.71. The third-order valence-electron chi connectivity index (χ3n) is 1.84. The first-order chi connectivity index (χ1) is 4.75. The van der Waals surface area contributed by atoms with Gasteiger partial charge >= 0.3 is 29.6 Å². The summed E-state index contributed by atoms with van der Waals surface area (Å²) >= 11 is 0. The van der Waals surface area contributed by atoms with Gasteiger partial charge in [0.15, 0.2) is 4.93 Å². The predicted molar refractivity (Wildman–Crippen MR) is 39.8 cm³/mol. The topological polar surface area (TPSA) is 77.4 Å². The van der Waals surface area contributed by atoms with Gasteiger partial charge in [-0.15, -0.1) is 0 Å². The summed E-state index contributed by atoms with van der Waals surface area (Å²) in [5.74, 6) is -0.574. The van der Waals surface area contributed by atoms with Gasteiger partial charge < -0.3 is 9.66 Å². The van der Waals surface area contributed by atoms with Gasteiger partial charge in [0.1, 0.15) is 10.1 Å². The number of hydrogen-bond donors (Lipinski definition) is 1. The first kappa shape index (κ1) is 15.3. The minimum atomic E-state index is -4.61. The molecule has 0 saturated carbocycles. The van der Waals surface area contributed by atoms with Crippen molar-refractivity contribution >= 4 is 10.1 Å².